The largest absolute Gasteiger partial charge is 0.479 e. The highest BCUT2D eigenvalue weighted by Gasteiger charge is 2.30. The fourth-order valence-electron chi connectivity index (χ4n) is 0.663. The van der Waals surface area contributed by atoms with Gasteiger partial charge in [-0.1, -0.05) is 6.92 Å². The summed E-state index contributed by atoms with van der Waals surface area (Å²) in [6, 6.07) is 0. The Bertz CT molecular complexity index is 131. The SMILES string of the molecule is CC(S)CC(C)(O)C(=O)O. The molecule has 0 aliphatic carbocycles. The molecule has 0 aliphatic heterocycles. The number of rotatable bonds is 3. The van der Waals surface area contributed by atoms with Gasteiger partial charge in [0.1, 0.15) is 0 Å². The van der Waals surface area contributed by atoms with E-state index in [0.717, 1.165) is 0 Å². The Morgan fingerprint density at radius 3 is 2.30 bits per heavy atom. The van der Waals surface area contributed by atoms with Crippen LogP contribution in [0.25, 0.3) is 0 Å². The molecule has 4 heteroatoms. The van der Waals surface area contributed by atoms with E-state index in [1.807, 2.05) is 0 Å². The van der Waals surface area contributed by atoms with E-state index in [1.54, 1.807) is 6.92 Å². The van der Waals surface area contributed by atoms with Crippen LogP contribution in [0.3, 0.4) is 0 Å². The molecule has 0 amide bonds. The number of hydrogen-bond acceptors (Lipinski definition) is 3. The van der Waals surface area contributed by atoms with E-state index in [2.05, 4.69) is 12.6 Å². The normalized spacial score (nSPS) is 19.6. The zero-order valence-corrected chi connectivity index (χ0v) is 6.93. The van der Waals surface area contributed by atoms with Crippen molar-refractivity contribution in [2.75, 3.05) is 0 Å². The average molecular weight is 164 g/mol. The predicted octanol–water partition coefficient (Wildman–Crippen LogP) is 0.530. The van der Waals surface area contributed by atoms with Crippen molar-refractivity contribution >= 4 is 18.6 Å². The third-order valence-electron chi connectivity index (χ3n) is 1.15. The first-order valence-corrected chi connectivity index (χ1v) is 3.52. The van der Waals surface area contributed by atoms with Crippen molar-refractivity contribution in [2.45, 2.75) is 31.1 Å². The molecular weight excluding hydrogens is 152 g/mol. The lowest BCUT2D eigenvalue weighted by molar-refractivity contribution is -0.157. The Hall–Kier alpha value is -0.220. The molecule has 0 radical (unpaired) electrons. The molecule has 0 aromatic carbocycles. The molecule has 60 valence electrons. The number of hydrogen-bond donors (Lipinski definition) is 3. The van der Waals surface area contributed by atoms with Gasteiger partial charge in [-0.25, -0.2) is 4.79 Å². The van der Waals surface area contributed by atoms with Crippen LogP contribution < -0.4 is 0 Å². The van der Waals surface area contributed by atoms with Gasteiger partial charge < -0.3 is 10.2 Å². The molecule has 0 aliphatic rings. The van der Waals surface area contributed by atoms with E-state index in [9.17, 15) is 4.79 Å². The molecule has 0 saturated carbocycles. The standard InChI is InChI=1S/C6H12O3S/c1-4(10)3-6(2,9)5(7)8/h4,9-10H,3H2,1-2H3,(H,7,8). The number of carboxylic acid groups (broad SMARTS) is 1. The van der Waals surface area contributed by atoms with E-state index >= 15 is 0 Å². The van der Waals surface area contributed by atoms with Crippen molar-refractivity contribution in [1.82, 2.24) is 0 Å². The first-order chi connectivity index (χ1) is 4.36. The van der Waals surface area contributed by atoms with Gasteiger partial charge in [0, 0.05) is 5.25 Å². The summed E-state index contributed by atoms with van der Waals surface area (Å²) in [6.45, 7) is 3.00. The first kappa shape index (κ1) is 9.78. The topological polar surface area (TPSA) is 57.5 Å². The molecule has 2 unspecified atom stereocenters. The van der Waals surface area contributed by atoms with Gasteiger partial charge in [0.15, 0.2) is 5.60 Å². The summed E-state index contributed by atoms with van der Waals surface area (Å²) in [6.07, 6.45) is 0.158. The van der Waals surface area contributed by atoms with E-state index in [0.29, 0.717) is 0 Å². The maximum Gasteiger partial charge on any atom is 0.335 e. The molecule has 3 nitrogen and oxygen atoms in total. The van der Waals surface area contributed by atoms with E-state index in [1.165, 1.54) is 6.92 Å². The number of aliphatic hydroxyl groups is 1. The first-order valence-electron chi connectivity index (χ1n) is 3.00. The van der Waals surface area contributed by atoms with Gasteiger partial charge in [-0.2, -0.15) is 12.6 Å². The molecule has 2 N–H and O–H groups in total. The number of aliphatic carboxylic acids is 1. The third kappa shape index (κ3) is 3.08. The molecule has 0 spiro atoms. The highest BCUT2D eigenvalue weighted by atomic mass is 32.1. The summed E-state index contributed by atoms with van der Waals surface area (Å²) in [5, 5.41) is 17.4. The van der Waals surface area contributed by atoms with Crippen LogP contribution in [-0.4, -0.2) is 27.0 Å². The number of carbonyl (C=O) groups is 1. The Morgan fingerprint density at radius 2 is 2.20 bits per heavy atom. The molecule has 2 atom stereocenters. The molecule has 0 heterocycles. The molecule has 0 saturated heterocycles. The van der Waals surface area contributed by atoms with Crippen LogP contribution in [0.1, 0.15) is 20.3 Å². The molecule has 0 bridgehead atoms. The van der Waals surface area contributed by atoms with E-state index < -0.39 is 11.6 Å². The molecule has 0 aromatic heterocycles. The van der Waals surface area contributed by atoms with Gasteiger partial charge in [0.2, 0.25) is 0 Å². The smallest absolute Gasteiger partial charge is 0.335 e. The third-order valence-corrected chi connectivity index (χ3v) is 1.34. The summed E-state index contributed by atoms with van der Waals surface area (Å²) < 4.78 is 0. The van der Waals surface area contributed by atoms with Gasteiger partial charge in [0.05, 0.1) is 0 Å². The van der Waals surface area contributed by atoms with Crippen LogP contribution in [0.2, 0.25) is 0 Å². The second-order valence-electron chi connectivity index (χ2n) is 2.63. The molecular formula is C6H12O3S. The van der Waals surface area contributed by atoms with Gasteiger partial charge in [-0.3, -0.25) is 0 Å². The predicted molar refractivity (Wildman–Crippen MR) is 41.3 cm³/mol. The quantitative estimate of drug-likeness (QED) is 0.533. The minimum atomic E-state index is -1.64. The highest BCUT2D eigenvalue weighted by molar-refractivity contribution is 7.80. The number of thiol groups is 1. The van der Waals surface area contributed by atoms with Crippen molar-refractivity contribution < 1.29 is 15.0 Å². The summed E-state index contributed by atoms with van der Waals surface area (Å²) in [7, 11) is 0. The lowest BCUT2D eigenvalue weighted by Gasteiger charge is -2.18. The summed E-state index contributed by atoms with van der Waals surface area (Å²) in [4.78, 5) is 10.3. The van der Waals surface area contributed by atoms with Crippen LogP contribution in [0, 0.1) is 0 Å². The van der Waals surface area contributed by atoms with Crippen molar-refractivity contribution in [1.29, 1.82) is 0 Å². The fraction of sp³-hybridized carbons (Fsp3) is 0.833. The van der Waals surface area contributed by atoms with Gasteiger partial charge in [-0.05, 0) is 13.3 Å². The lowest BCUT2D eigenvalue weighted by Crippen LogP contribution is -2.36. The second kappa shape index (κ2) is 3.25. The second-order valence-corrected chi connectivity index (χ2v) is 3.51. The highest BCUT2D eigenvalue weighted by Crippen LogP contribution is 2.15. The van der Waals surface area contributed by atoms with Crippen LogP contribution in [-0.2, 0) is 4.79 Å². The van der Waals surface area contributed by atoms with Crippen LogP contribution in [0.4, 0.5) is 0 Å². The monoisotopic (exact) mass is 164 g/mol. The molecule has 10 heavy (non-hydrogen) atoms. The number of carboxylic acids is 1. The van der Waals surface area contributed by atoms with Gasteiger partial charge in [-0.15, -0.1) is 0 Å². The fourth-order valence-corrected chi connectivity index (χ4v) is 1.02. The zero-order valence-electron chi connectivity index (χ0n) is 6.03. The van der Waals surface area contributed by atoms with Crippen molar-refractivity contribution in [3.63, 3.8) is 0 Å². The summed E-state index contributed by atoms with van der Waals surface area (Å²) in [5.74, 6) is -1.20. The Morgan fingerprint density at radius 1 is 1.80 bits per heavy atom. The van der Waals surface area contributed by atoms with Crippen LogP contribution >= 0.6 is 12.6 Å². The average Bonchev–Trinajstić information content (AvgIpc) is 1.60. The molecule has 0 aromatic rings. The Labute approximate surface area is 65.5 Å². The maximum atomic E-state index is 10.3. The minimum Gasteiger partial charge on any atom is -0.479 e. The van der Waals surface area contributed by atoms with Crippen molar-refractivity contribution in [2.24, 2.45) is 0 Å². The van der Waals surface area contributed by atoms with Gasteiger partial charge >= 0.3 is 5.97 Å². The molecule has 0 rings (SSSR count). The van der Waals surface area contributed by atoms with Crippen molar-refractivity contribution in [3.8, 4) is 0 Å². The molecule has 0 fully saturated rings. The Kier molecular flexibility index (Phi) is 3.18. The van der Waals surface area contributed by atoms with E-state index in [4.69, 9.17) is 10.2 Å². The lowest BCUT2D eigenvalue weighted by atomic mass is 10.0. The Balaban J connectivity index is 4.00. The minimum absolute atomic E-state index is 0.105. The summed E-state index contributed by atoms with van der Waals surface area (Å²) in [5.41, 5.74) is -1.64. The maximum absolute atomic E-state index is 10.3. The van der Waals surface area contributed by atoms with Crippen molar-refractivity contribution in [3.05, 3.63) is 0 Å². The van der Waals surface area contributed by atoms with E-state index in [-0.39, 0.29) is 11.7 Å². The van der Waals surface area contributed by atoms with Crippen LogP contribution in [0.15, 0.2) is 0 Å². The van der Waals surface area contributed by atoms with Gasteiger partial charge in [0.25, 0.3) is 0 Å². The van der Waals surface area contributed by atoms with Crippen LogP contribution in [0.5, 0.6) is 0 Å². The summed E-state index contributed by atoms with van der Waals surface area (Å²) >= 11 is 3.96. The zero-order chi connectivity index (χ0) is 8.36.